The van der Waals surface area contributed by atoms with Gasteiger partial charge >= 0.3 is 0 Å². The highest BCUT2D eigenvalue weighted by atomic mass is 16.3. The van der Waals surface area contributed by atoms with Crippen molar-refractivity contribution in [3.63, 3.8) is 0 Å². The van der Waals surface area contributed by atoms with Gasteiger partial charge in [-0.05, 0) is 32.2 Å². The number of nitrogens with two attached hydrogens (primary N) is 2. The number of carbonyl (C=O) groups excluding carboxylic acids is 3. The molecule has 0 aromatic heterocycles. The summed E-state index contributed by atoms with van der Waals surface area (Å²) in [6.45, 7) is 9.46. The monoisotopic (exact) mass is 371 g/mol. The molecule has 1 unspecified atom stereocenters. The molecule has 0 aliphatic carbocycles. The van der Waals surface area contributed by atoms with Crippen LogP contribution in [-0.2, 0) is 14.4 Å². The largest absolute Gasteiger partial charge is 0.393 e. The number of Topliss-reactive ketones (excluding diaryl/α,β-unsaturated/α-hetero) is 2. The number of nitrogens with one attached hydrogen (secondary N) is 1. The molecule has 0 aliphatic rings. The third-order valence-corrected chi connectivity index (χ3v) is 4.52. The summed E-state index contributed by atoms with van der Waals surface area (Å²) in [6.07, 6.45) is -0.139. The predicted molar refractivity (Wildman–Crippen MR) is 102 cm³/mol. The lowest BCUT2D eigenvalue weighted by Gasteiger charge is -2.25. The van der Waals surface area contributed by atoms with E-state index in [1.54, 1.807) is 13.8 Å². The zero-order chi connectivity index (χ0) is 20.4. The van der Waals surface area contributed by atoms with Crippen LogP contribution in [0.2, 0.25) is 0 Å². The highest BCUT2D eigenvalue weighted by molar-refractivity contribution is 5.93. The van der Waals surface area contributed by atoms with Gasteiger partial charge in [0.15, 0.2) is 5.78 Å². The molecule has 0 aromatic rings. The summed E-state index contributed by atoms with van der Waals surface area (Å²) in [5.41, 5.74) is 11.2. The number of rotatable bonds is 13. The number of amides is 1. The molecular formula is C19H37N3O4. The second kappa shape index (κ2) is 12.1. The van der Waals surface area contributed by atoms with E-state index >= 15 is 0 Å². The van der Waals surface area contributed by atoms with Crippen molar-refractivity contribution in [2.24, 2.45) is 35.1 Å². The number of aliphatic hydroxyl groups is 1. The van der Waals surface area contributed by atoms with Gasteiger partial charge in [-0.25, -0.2) is 0 Å². The van der Waals surface area contributed by atoms with Crippen molar-refractivity contribution in [2.75, 3.05) is 13.1 Å². The van der Waals surface area contributed by atoms with Crippen molar-refractivity contribution in [3.05, 3.63) is 0 Å². The van der Waals surface area contributed by atoms with Crippen molar-refractivity contribution < 1.29 is 19.5 Å². The van der Waals surface area contributed by atoms with Crippen LogP contribution in [0.25, 0.3) is 0 Å². The Hall–Kier alpha value is -1.31. The van der Waals surface area contributed by atoms with Crippen molar-refractivity contribution in [1.82, 2.24) is 5.32 Å². The average molecular weight is 372 g/mol. The first-order chi connectivity index (χ1) is 12.0. The van der Waals surface area contributed by atoms with E-state index in [0.717, 1.165) is 0 Å². The molecule has 0 rings (SSSR count). The Balaban J connectivity index is 5.14. The summed E-state index contributed by atoms with van der Waals surface area (Å²) in [4.78, 5) is 37.4. The maximum atomic E-state index is 12.6. The van der Waals surface area contributed by atoms with Crippen molar-refractivity contribution in [3.8, 4) is 0 Å². The Bertz CT molecular complexity index is 464. The Morgan fingerprint density at radius 2 is 1.62 bits per heavy atom. The van der Waals surface area contributed by atoms with Crippen molar-refractivity contribution in [2.45, 2.75) is 66.0 Å². The van der Waals surface area contributed by atoms with Crippen molar-refractivity contribution in [1.29, 1.82) is 0 Å². The van der Waals surface area contributed by atoms with E-state index in [2.05, 4.69) is 5.32 Å². The van der Waals surface area contributed by atoms with Crippen LogP contribution in [0.3, 0.4) is 0 Å². The van der Waals surface area contributed by atoms with Gasteiger partial charge in [0.2, 0.25) is 5.91 Å². The van der Waals surface area contributed by atoms with Gasteiger partial charge in [-0.1, -0.05) is 27.7 Å². The molecule has 7 nitrogen and oxygen atoms in total. The van der Waals surface area contributed by atoms with E-state index in [4.69, 9.17) is 11.5 Å². The van der Waals surface area contributed by atoms with Gasteiger partial charge in [0.1, 0.15) is 5.78 Å². The minimum Gasteiger partial charge on any atom is -0.393 e. The molecule has 0 saturated carbocycles. The summed E-state index contributed by atoms with van der Waals surface area (Å²) in [6, 6.07) is -0.704. The first-order valence-corrected chi connectivity index (χ1v) is 9.50. The minimum absolute atomic E-state index is 0.0939. The van der Waals surface area contributed by atoms with E-state index in [1.807, 2.05) is 13.8 Å². The summed E-state index contributed by atoms with van der Waals surface area (Å²) < 4.78 is 0. The number of ketones is 2. The molecule has 26 heavy (non-hydrogen) atoms. The lowest BCUT2D eigenvalue weighted by molar-refractivity contribution is -0.137. The maximum absolute atomic E-state index is 12.6. The van der Waals surface area contributed by atoms with Gasteiger partial charge in [0.05, 0.1) is 18.1 Å². The first-order valence-electron chi connectivity index (χ1n) is 9.50. The van der Waals surface area contributed by atoms with Crippen LogP contribution in [0, 0.1) is 23.7 Å². The summed E-state index contributed by atoms with van der Waals surface area (Å²) in [5.74, 6) is -1.92. The second-order valence-electron chi connectivity index (χ2n) is 7.78. The normalized spacial score (nSPS) is 16.2. The summed E-state index contributed by atoms with van der Waals surface area (Å²) in [7, 11) is 0. The third-order valence-electron chi connectivity index (χ3n) is 4.52. The topological polar surface area (TPSA) is 136 Å². The zero-order valence-corrected chi connectivity index (χ0v) is 16.8. The van der Waals surface area contributed by atoms with Crippen LogP contribution in [0.1, 0.15) is 53.9 Å². The minimum atomic E-state index is -1.01. The lowest BCUT2D eigenvalue weighted by Crippen LogP contribution is -2.48. The van der Waals surface area contributed by atoms with Gasteiger partial charge < -0.3 is 21.9 Å². The standard InChI is InChI=1S/C19H37N3O4/c1-11(2)8-14(10-21)17(24)9-15(13(5)23)19(26)22-16(6-7-20)18(25)12(3)4/h11-16,23H,6-10,20-21H2,1-5H3,(H,22,26)/t13-,14?,15-,16-/m0/s1. The Morgan fingerprint density at radius 3 is 2.00 bits per heavy atom. The highest BCUT2D eigenvalue weighted by Crippen LogP contribution is 2.19. The predicted octanol–water partition coefficient (Wildman–Crippen LogP) is 0.622. The zero-order valence-electron chi connectivity index (χ0n) is 16.8. The van der Waals surface area contributed by atoms with Crippen LogP contribution < -0.4 is 16.8 Å². The molecule has 152 valence electrons. The fraction of sp³-hybridized carbons (Fsp3) is 0.842. The van der Waals surface area contributed by atoms with Gasteiger partial charge in [-0.15, -0.1) is 0 Å². The molecule has 0 spiro atoms. The Kier molecular flexibility index (Phi) is 11.5. The summed E-state index contributed by atoms with van der Waals surface area (Å²) in [5, 5.41) is 12.7. The smallest absolute Gasteiger partial charge is 0.226 e. The third kappa shape index (κ3) is 8.38. The molecule has 7 heteroatoms. The van der Waals surface area contributed by atoms with E-state index in [1.165, 1.54) is 6.92 Å². The quantitative estimate of drug-likeness (QED) is 0.375. The van der Waals surface area contributed by atoms with Crippen LogP contribution in [0.15, 0.2) is 0 Å². The molecule has 1 amide bonds. The van der Waals surface area contributed by atoms with Gasteiger partial charge in [0.25, 0.3) is 0 Å². The van der Waals surface area contributed by atoms with Crippen LogP contribution in [0.4, 0.5) is 0 Å². The summed E-state index contributed by atoms with van der Waals surface area (Å²) >= 11 is 0. The molecule has 4 atom stereocenters. The molecule has 0 fully saturated rings. The van der Waals surface area contributed by atoms with Gasteiger partial charge in [0, 0.05) is 24.8 Å². The first kappa shape index (κ1) is 24.7. The second-order valence-corrected chi connectivity index (χ2v) is 7.78. The molecule has 0 aliphatic heterocycles. The van der Waals surface area contributed by atoms with Crippen molar-refractivity contribution >= 4 is 17.5 Å². The average Bonchev–Trinajstić information content (AvgIpc) is 2.55. The molecule has 0 radical (unpaired) electrons. The van der Waals surface area contributed by atoms with Crippen LogP contribution in [-0.4, -0.2) is 47.8 Å². The SMILES string of the molecule is CC(C)CC(CN)C(=O)C[C@H](C(=O)N[C@@H](CCN)C(=O)C(C)C)[C@H](C)O. The highest BCUT2D eigenvalue weighted by Gasteiger charge is 2.32. The number of hydrogen-bond acceptors (Lipinski definition) is 6. The van der Waals surface area contributed by atoms with E-state index in [9.17, 15) is 19.5 Å². The van der Waals surface area contributed by atoms with Gasteiger partial charge in [-0.2, -0.15) is 0 Å². The fourth-order valence-electron chi connectivity index (χ4n) is 2.93. The van der Waals surface area contributed by atoms with E-state index in [0.29, 0.717) is 18.8 Å². The fourth-order valence-corrected chi connectivity index (χ4v) is 2.93. The molecule has 6 N–H and O–H groups in total. The number of aliphatic hydroxyl groups excluding tert-OH is 1. The Labute approximate surface area is 157 Å². The molecule has 0 saturated heterocycles. The number of hydrogen-bond donors (Lipinski definition) is 4. The molecule has 0 aromatic carbocycles. The molecule has 0 heterocycles. The van der Waals surface area contributed by atoms with E-state index in [-0.39, 0.29) is 42.9 Å². The lowest BCUT2D eigenvalue weighted by atomic mass is 9.86. The molecular weight excluding hydrogens is 334 g/mol. The maximum Gasteiger partial charge on any atom is 0.226 e. The van der Waals surface area contributed by atoms with Crippen LogP contribution >= 0.6 is 0 Å². The molecule has 0 bridgehead atoms. The van der Waals surface area contributed by atoms with E-state index < -0.39 is 24.0 Å². The number of carbonyl (C=O) groups is 3. The van der Waals surface area contributed by atoms with Crippen LogP contribution in [0.5, 0.6) is 0 Å². The Morgan fingerprint density at radius 1 is 1.04 bits per heavy atom. The van der Waals surface area contributed by atoms with Gasteiger partial charge in [-0.3, -0.25) is 14.4 Å².